The molecule has 0 saturated heterocycles. The van der Waals surface area contributed by atoms with Crippen LogP contribution in [0, 0.1) is 0 Å². The number of nitrogens with zero attached hydrogens (tertiary/aromatic N) is 1. The molecule has 3 N–H and O–H groups in total. The van der Waals surface area contributed by atoms with Crippen molar-refractivity contribution >= 4 is 32.2 Å². The van der Waals surface area contributed by atoms with Crippen molar-refractivity contribution in [1.29, 1.82) is 0 Å². The molecule has 3 aromatic rings. The van der Waals surface area contributed by atoms with Crippen molar-refractivity contribution in [3.05, 3.63) is 60.0 Å². The molecule has 112 valence electrons. The molecule has 0 unspecified atom stereocenters. The fraction of sp³-hybridized carbons (Fsp3) is 0. The second-order valence-electron chi connectivity index (χ2n) is 4.58. The Kier molecular flexibility index (Phi) is 3.82. The predicted octanol–water partition coefficient (Wildman–Crippen LogP) is 3.19. The maximum Gasteiger partial charge on any atom is 0.263 e. The average Bonchev–Trinajstić information content (AvgIpc) is 2.97. The summed E-state index contributed by atoms with van der Waals surface area (Å²) in [7, 11) is -3.61. The van der Waals surface area contributed by atoms with Crippen LogP contribution in [0.2, 0.25) is 0 Å². The molecule has 3 rings (SSSR count). The SMILES string of the molecule is Nc1ccc(-c2csc(NS(=O)(=O)c3ccccc3)n2)cc1. The van der Waals surface area contributed by atoms with Gasteiger partial charge < -0.3 is 5.73 Å². The van der Waals surface area contributed by atoms with Crippen LogP contribution in [0.3, 0.4) is 0 Å². The highest BCUT2D eigenvalue weighted by atomic mass is 32.2. The number of rotatable bonds is 4. The van der Waals surface area contributed by atoms with E-state index in [0.29, 0.717) is 16.5 Å². The summed E-state index contributed by atoms with van der Waals surface area (Å²) in [6.45, 7) is 0. The Morgan fingerprint density at radius 1 is 1.00 bits per heavy atom. The van der Waals surface area contributed by atoms with Crippen molar-refractivity contribution in [3.8, 4) is 11.3 Å². The number of hydrogen-bond acceptors (Lipinski definition) is 5. The van der Waals surface area contributed by atoms with Crippen LogP contribution < -0.4 is 10.5 Å². The van der Waals surface area contributed by atoms with Gasteiger partial charge in [-0.3, -0.25) is 4.72 Å². The van der Waals surface area contributed by atoms with Crippen molar-refractivity contribution in [3.63, 3.8) is 0 Å². The zero-order chi connectivity index (χ0) is 15.6. The Labute approximate surface area is 132 Å². The van der Waals surface area contributed by atoms with Gasteiger partial charge in [0.25, 0.3) is 10.0 Å². The molecule has 7 heteroatoms. The second-order valence-corrected chi connectivity index (χ2v) is 7.12. The highest BCUT2D eigenvalue weighted by Gasteiger charge is 2.15. The molecule has 5 nitrogen and oxygen atoms in total. The molecule has 0 aliphatic carbocycles. The quantitative estimate of drug-likeness (QED) is 0.719. The average molecular weight is 331 g/mol. The number of sulfonamides is 1. The lowest BCUT2D eigenvalue weighted by Crippen LogP contribution is -2.12. The maximum absolute atomic E-state index is 12.2. The van der Waals surface area contributed by atoms with Crippen molar-refractivity contribution in [2.45, 2.75) is 4.90 Å². The van der Waals surface area contributed by atoms with Crippen LogP contribution in [0.15, 0.2) is 64.9 Å². The summed E-state index contributed by atoms with van der Waals surface area (Å²) in [5, 5.41) is 2.13. The van der Waals surface area contributed by atoms with Gasteiger partial charge in [-0.05, 0) is 24.3 Å². The minimum absolute atomic E-state index is 0.208. The summed E-state index contributed by atoms with van der Waals surface area (Å²) < 4.78 is 27.0. The van der Waals surface area contributed by atoms with E-state index < -0.39 is 10.0 Å². The van der Waals surface area contributed by atoms with Gasteiger partial charge in [-0.25, -0.2) is 13.4 Å². The fourth-order valence-electron chi connectivity index (χ4n) is 1.88. The van der Waals surface area contributed by atoms with Gasteiger partial charge in [-0.1, -0.05) is 30.3 Å². The molecule has 1 heterocycles. The Balaban J connectivity index is 1.84. The number of nitrogen functional groups attached to an aromatic ring is 1. The molecule has 22 heavy (non-hydrogen) atoms. The van der Waals surface area contributed by atoms with Crippen LogP contribution in [0.1, 0.15) is 0 Å². The van der Waals surface area contributed by atoms with Crippen LogP contribution in [-0.4, -0.2) is 13.4 Å². The first kappa shape index (κ1) is 14.6. The first-order chi connectivity index (χ1) is 10.5. The Bertz CT molecular complexity index is 873. The third kappa shape index (κ3) is 3.10. The molecule has 0 saturated carbocycles. The molecule has 0 spiro atoms. The summed E-state index contributed by atoms with van der Waals surface area (Å²) in [5.41, 5.74) is 7.91. The molecular weight excluding hydrogens is 318 g/mol. The zero-order valence-corrected chi connectivity index (χ0v) is 13.1. The van der Waals surface area contributed by atoms with Crippen molar-refractivity contribution in [2.24, 2.45) is 0 Å². The molecular formula is C15H13N3O2S2. The van der Waals surface area contributed by atoms with Gasteiger partial charge in [0.1, 0.15) is 0 Å². The van der Waals surface area contributed by atoms with E-state index >= 15 is 0 Å². The van der Waals surface area contributed by atoms with E-state index in [1.165, 1.54) is 23.5 Å². The van der Waals surface area contributed by atoms with E-state index in [1.54, 1.807) is 35.7 Å². The minimum Gasteiger partial charge on any atom is -0.399 e. The topological polar surface area (TPSA) is 85.1 Å². The van der Waals surface area contributed by atoms with Gasteiger partial charge in [0.05, 0.1) is 10.6 Å². The number of anilines is 2. The molecule has 0 aliphatic rings. The minimum atomic E-state index is -3.61. The lowest BCUT2D eigenvalue weighted by atomic mass is 10.2. The first-order valence-corrected chi connectivity index (χ1v) is 8.80. The molecule has 2 aromatic carbocycles. The van der Waals surface area contributed by atoms with Gasteiger partial charge in [-0.15, -0.1) is 11.3 Å². The van der Waals surface area contributed by atoms with Crippen molar-refractivity contribution in [1.82, 2.24) is 4.98 Å². The lowest BCUT2D eigenvalue weighted by molar-refractivity contribution is 0.601. The Morgan fingerprint density at radius 3 is 2.36 bits per heavy atom. The van der Waals surface area contributed by atoms with Crippen LogP contribution in [-0.2, 0) is 10.0 Å². The number of hydrogen-bond donors (Lipinski definition) is 2. The summed E-state index contributed by atoms with van der Waals surface area (Å²) in [4.78, 5) is 4.52. The highest BCUT2D eigenvalue weighted by Crippen LogP contribution is 2.27. The third-order valence-corrected chi connectivity index (χ3v) is 5.23. The maximum atomic E-state index is 12.2. The molecule has 1 aromatic heterocycles. The van der Waals surface area contributed by atoms with Crippen LogP contribution in [0.25, 0.3) is 11.3 Å². The summed E-state index contributed by atoms with van der Waals surface area (Å²) in [6, 6.07) is 15.5. The van der Waals surface area contributed by atoms with Crippen molar-refractivity contribution in [2.75, 3.05) is 10.5 Å². The van der Waals surface area contributed by atoms with Gasteiger partial charge in [0, 0.05) is 16.6 Å². The molecule has 0 aliphatic heterocycles. The number of nitrogens with two attached hydrogens (primary N) is 1. The highest BCUT2D eigenvalue weighted by molar-refractivity contribution is 7.93. The number of aromatic nitrogens is 1. The molecule has 0 atom stereocenters. The smallest absolute Gasteiger partial charge is 0.263 e. The van der Waals surface area contributed by atoms with E-state index in [4.69, 9.17) is 5.73 Å². The van der Waals surface area contributed by atoms with Crippen LogP contribution in [0.4, 0.5) is 10.8 Å². The van der Waals surface area contributed by atoms with E-state index in [0.717, 1.165) is 5.56 Å². The molecule has 0 amide bonds. The predicted molar refractivity (Wildman–Crippen MR) is 89.2 cm³/mol. The third-order valence-electron chi connectivity index (χ3n) is 2.99. The lowest BCUT2D eigenvalue weighted by Gasteiger charge is -2.04. The first-order valence-electron chi connectivity index (χ1n) is 6.44. The summed E-state index contributed by atoms with van der Waals surface area (Å²) >= 11 is 1.24. The fourth-order valence-corrected chi connectivity index (χ4v) is 3.87. The molecule has 0 bridgehead atoms. The standard InChI is InChI=1S/C15H13N3O2S2/c16-12-8-6-11(7-9-12)14-10-21-15(17-14)18-22(19,20)13-4-2-1-3-5-13/h1-10H,16H2,(H,17,18). The van der Waals surface area contributed by atoms with Gasteiger partial charge in [0.15, 0.2) is 5.13 Å². The van der Waals surface area contributed by atoms with Gasteiger partial charge in [-0.2, -0.15) is 0 Å². The number of benzene rings is 2. The number of thiazole rings is 1. The van der Waals surface area contributed by atoms with E-state index in [-0.39, 0.29) is 4.90 Å². The Morgan fingerprint density at radius 2 is 1.68 bits per heavy atom. The second kappa shape index (κ2) is 5.78. The molecule has 0 fully saturated rings. The summed E-state index contributed by atoms with van der Waals surface area (Å²) in [5.74, 6) is 0. The van der Waals surface area contributed by atoms with E-state index in [9.17, 15) is 8.42 Å². The van der Waals surface area contributed by atoms with Crippen LogP contribution in [0.5, 0.6) is 0 Å². The van der Waals surface area contributed by atoms with Gasteiger partial charge >= 0.3 is 0 Å². The summed E-state index contributed by atoms with van der Waals surface area (Å²) in [6.07, 6.45) is 0. The monoisotopic (exact) mass is 331 g/mol. The normalized spacial score (nSPS) is 11.3. The van der Waals surface area contributed by atoms with Crippen LogP contribution >= 0.6 is 11.3 Å². The number of nitrogens with one attached hydrogen (secondary N) is 1. The van der Waals surface area contributed by atoms with Gasteiger partial charge in [0.2, 0.25) is 0 Å². The molecule has 0 radical (unpaired) electrons. The Hall–Kier alpha value is -2.38. The van der Waals surface area contributed by atoms with Crippen molar-refractivity contribution < 1.29 is 8.42 Å². The largest absolute Gasteiger partial charge is 0.399 e. The zero-order valence-electron chi connectivity index (χ0n) is 11.4. The van der Waals surface area contributed by atoms with E-state index in [1.807, 2.05) is 12.1 Å². The van der Waals surface area contributed by atoms with E-state index in [2.05, 4.69) is 9.71 Å².